The molecule has 0 aliphatic rings. The number of rotatable bonds is 5. The molecule has 0 radical (unpaired) electrons. The Kier molecular flexibility index (Phi) is 5.42. The summed E-state index contributed by atoms with van der Waals surface area (Å²) in [5, 5.41) is 12.9. The summed E-state index contributed by atoms with van der Waals surface area (Å²) in [4.78, 5) is 0. The second-order valence-electron chi connectivity index (χ2n) is 4.87. The van der Waals surface area contributed by atoms with Crippen molar-refractivity contribution >= 4 is 0 Å². The van der Waals surface area contributed by atoms with Crippen molar-refractivity contribution in [1.82, 2.24) is 9.78 Å². The summed E-state index contributed by atoms with van der Waals surface area (Å²) in [5.41, 5.74) is 3.23. The van der Waals surface area contributed by atoms with Crippen LogP contribution in [0.5, 0.6) is 5.75 Å². The van der Waals surface area contributed by atoms with Gasteiger partial charge in [-0.15, -0.1) is 0 Å². The Bertz CT molecular complexity index is 650. The summed E-state index contributed by atoms with van der Waals surface area (Å²) in [6.45, 7) is 2.74. The van der Waals surface area contributed by atoms with Gasteiger partial charge in [-0.25, -0.2) is 0 Å². The van der Waals surface area contributed by atoms with E-state index >= 15 is 0 Å². The molecule has 0 spiro atoms. The van der Waals surface area contributed by atoms with Crippen LogP contribution in [0.2, 0.25) is 0 Å². The summed E-state index contributed by atoms with van der Waals surface area (Å²) >= 11 is 0. The second-order valence-corrected chi connectivity index (χ2v) is 4.87. The minimum Gasteiger partial charge on any atom is -0.493 e. The van der Waals surface area contributed by atoms with Gasteiger partial charge in [-0.1, -0.05) is 11.8 Å². The molecule has 1 aromatic carbocycles. The molecular formula is C17H20N2O2. The third-order valence-corrected chi connectivity index (χ3v) is 3.08. The second kappa shape index (κ2) is 7.51. The maximum absolute atomic E-state index is 8.72. The number of aryl methyl sites for hydroxylation is 2. The van der Waals surface area contributed by atoms with Crippen LogP contribution in [-0.2, 0) is 13.5 Å². The predicted molar refractivity (Wildman–Crippen MR) is 82.2 cm³/mol. The molecule has 1 heterocycles. The fourth-order valence-corrected chi connectivity index (χ4v) is 1.97. The number of nitrogens with zero attached hydrogens (tertiary/aromatic N) is 2. The van der Waals surface area contributed by atoms with Crippen LogP contribution in [0.25, 0.3) is 0 Å². The SMILES string of the molecule is Cc1cc(OCCc2cnn(C)c2)ccc1C#CCCO. The van der Waals surface area contributed by atoms with Gasteiger partial charge in [-0.2, -0.15) is 5.10 Å². The van der Waals surface area contributed by atoms with Gasteiger partial charge in [0.2, 0.25) is 0 Å². The first kappa shape index (κ1) is 15.1. The molecule has 0 aliphatic heterocycles. The number of aliphatic hydroxyl groups excluding tert-OH is 1. The summed E-state index contributed by atoms with van der Waals surface area (Å²) in [5.74, 6) is 6.83. The number of ether oxygens (including phenoxy) is 1. The molecule has 4 nitrogen and oxygen atoms in total. The normalized spacial score (nSPS) is 10.0. The third-order valence-electron chi connectivity index (χ3n) is 3.08. The van der Waals surface area contributed by atoms with Crippen LogP contribution in [0.15, 0.2) is 30.6 Å². The topological polar surface area (TPSA) is 47.3 Å². The molecule has 110 valence electrons. The highest BCUT2D eigenvalue weighted by molar-refractivity contribution is 5.44. The van der Waals surface area contributed by atoms with Crippen molar-refractivity contribution in [1.29, 1.82) is 0 Å². The van der Waals surface area contributed by atoms with E-state index in [1.165, 1.54) is 5.56 Å². The molecular weight excluding hydrogens is 264 g/mol. The Balaban J connectivity index is 1.90. The van der Waals surface area contributed by atoms with E-state index in [0.29, 0.717) is 13.0 Å². The lowest BCUT2D eigenvalue weighted by Crippen LogP contribution is -2.01. The van der Waals surface area contributed by atoms with Gasteiger partial charge in [0.15, 0.2) is 0 Å². The fourth-order valence-electron chi connectivity index (χ4n) is 1.97. The van der Waals surface area contributed by atoms with E-state index in [9.17, 15) is 0 Å². The summed E-state index contributed by atoms with van der Waals surface area (Å²) in [7, 11) is 1.91. The van der Waals surface area contributed by atoms with Crippen molar-refractivity contribution in [3.8, 4) is 17.6 Å². The van der Waals surface area contributed by atoms with Gasteiger partial charge in [0.25, 0.3) is 0 Å². The molecule has 0 fully saturated rings. The number of benzene rings is 1. The zero-order valence-corrected chi connectivity index (χ0v) is 12.5. The molecule has 0 bridgehead atoms. The molecule has 2 aromatic rings. The average Bonchev–Trinajstić information content (AvgIpc) is 2.87. The first-order chi connectivity index (χ1) is 10.2. The highest BCUT2D eigenvalue weighted by Gasteiger charge is 2.00. The van der Waals surface area contributed by atoms with Crippen molar-refractivity contribution in [2.75, 3.05) is 13.2 Å². The largest absolute Gasteiger partial charge is 0.493 e. The van der Waals surface area contributed by atoms with Crippen molar-refractivity contribution in [3.05, 3.63) is 47.3 Å². The summed E-state index contributed by atoms with van der Waals surface area (Å²) < 4.78 is 7.55. The van der Waals surface area contributed by atoms with E-state index in [1.54, 1.807) is 4.68 Å². The minimum absolute atomic E-state index is 0.0988. The molecule has 2 rings (SSSR count). The Hall–Kier alpha value is -2.25. The molecule has 0 saturated heterocycles. The number of hydrogen-bond acceptors (Lipinski definition) is 3. The quantitative estimate of drug-likeness (QED) is 0.855. The molecule has 0 unspecified atom stereocenters. The highest BCUT2D eigenvalue weighted by Crippen LogP contribution is 2.17. The third kappa shape index (κ3) is 4.66. The minimum atomic E-state index is 0.0988. The smallest absolute Gasteiger partial charge is 0.119 e. The van der Waals surface area contributed by atoms with E-state index in [0.717, 1.165) is 23.3 Å². The fraction of sp³-hybridized carbons (Fsp3) is 0.353. The van der Waals surface area contributed by atoms with Gasteiger partial charge in [-0.3, -0.25) is 4.68 Å². The lowest BCUT2D eigenvalue weighted by atomic mass is 10.1. The van der Waals surface area contributed by atoms with Crippen LogP contribution < -0.4 is 4.74 Å². The Labute approximate surface area is 125 Å². The van der Waals surface area contributed by atoms with Crippen LogP contribution in [0.3, 0.4) is 0 Å². The Morgan fingerprint density at radius 1 is 1.38 bits per heavy atom. The number of hydrogen-bond donors (Lipinski definition) is 1. The summed E-state index contributed by atoms with van der Waals surface area (Å²) in [6.07, 6.45) is 5.19. The molecule has 21 heavy (non-hydrogen) atoms. The number of aliphatic hydroxyl groups is 1. The zero-order chi connectivity index (χ0) is 15.1. The Morgan fingerprint density at radius 3 is 2.90 bits per heavy atom. The van der Waals surface area contributed by atoms with Crippen molar-refractivity contribution < 1.29 is 9.84 Å². The molecule has 0 saturated carbocycles. The molecule has 0 aliphatic carbocycles. The van der Waals surface area contributed by atoms with E-state index in [-0.39, 0.29) is 6.61 Å². The van der Waals surface area contributed by atoms with Gasteiger partial charge >= 0.3 is 0 Å². The van der Waals surface area contributed by atoms with Gasteiger partial charge in [-0.05, 0) is 36.2 Å². The lowest BCUT2D eigenvalue weighted by Gasteiger charge is -2.07. The summed E-state index contributed by atoms with van der Waals surface area (Å²) in [6, 6.07) is 5.88. The van der Waals surface area contributed by atoms with E-state index < -0.39 is 0 Å². The predicted octanol–water partition coefficient (Wildman–Crippen LogP) is 2.08. The van der Waals surface area contributed by atoms with Crippen LogP contribution in [0.1, 0.15) is 23.1 Å². The monoisotopic (exact) mass is 284 g/mol. The molecule has 0 amide bonds. The maximum atomic E-state index is 8.72. The van der Waals surface area contributed by atoms with Gasteiger partial charge in [0.05, 0.1) is 19.4 Å². The maximum Gasteiger partial charge on any atom is 0.119 e. The van der Waals surface area contributed by atoms with Crippen LogP contribution in [-0.4, -0.2) is 28.1 Å². The average molecular weight is 284 g/mol. The first-order valence-electron chi connectivity index (χ1n) is 7.00. The van der Waals surface area contributed by atoms with E-state index in [1.807, 2.05) is 44.6 Å². The molecule has 1 N–H and O–H groups in total. The van der Waals surface area contributed by atoms with Crippen molar-refractivity contribution in [3.63, 3.8) is 0 Å². The van der Waals surface area contributed by atoms with Crippen LogP contribution >= 0.6 is 0 Å². The van der Waals surface area contributed by atoms with Crippen LogP contribution in [0, 0.1) is 18.8 Å². The van der Waals surface area contributed by atoms with Gasteiger partial charge in [0, 0.05) is 31.6 Å². The molecule has 4 heteroatoms. The zero-order valence-electron chi connectivity index (χ0n) is 12.5. The van der Waals surface area contributed by atoms with Gasteiger partial charge in [0.1, 0.15) is 5.75 Å². The highest BCUT2D eigenvalue weighted by atomic mass is 16.5. The lowest BCUT2D eigenvalue weighted by molar-refractivity contribution is 0.305. The standard InChI is InChI=1S/C17H20N2O2/c1-14-11-17(7-6-16(14)5-3-4-9-20)21-10-8-15-12-18-19(2)13-15/h6-7,11-13,20H,4,8-10H2,1-2H3. The number of aromatic nitrogens is 2. The van der Waals surface area contributed by atoms with E-state index in [4.69, 9.17) is 9.84 Å². The first-order valence-corrected chi connectivity index (χ1v) is 7.00. The Morgan fingerprint density at radius 2 is 2.24 bits per heavy atom. The van der Waals surface area contributed by atoms with Crippen molar-refractivity contribution in [2.24, 2.45) is 7.05 Å². The van der Waals surface area contributed by atoms with Gasteiger partial charge < -0.3 is 9.84 Å². The molecule has 1 aromatic heterocycles. The van der Waals surface area contributed by atoms with Crippen LogP contribution in [0.4, 0.5) is 0 Å². The van der Waals surface area contributed by atoms with Crippen molar-refractivity contribution in [2.45, 2.75) is 19.8 Å². The van der Waals surface area contributed by atoms with E-state index in [2.05, 4.69) is 16.9 Å². The molecule has 0 atom stereocenters.